The molecule has 0 radical (unpaired) electrons. The molecule has 1 aromatic carbocycles. The van der Waals surface area contributed by atoms with Crippen LogP contribution >= 0.6 is 38.9 Å². The van der Waals surface area contributed by atoms with E-state index in [4.69, 9.17) is 16.7 Å². The largest absolute Gasteiger partial charge is 0.298 e. The van der Waals surface area contributed by atoms with Crippen LogP contribution in [0.5, 0.6) is 0 Å². The number of benzene rings is 1. The summed E-state index contributed by atoms with van der Waals surface area (Å²) in [6, 6.07) is 4.83. The molecule has 0 saturated heterocycles. The first-order valence-electron chi connectivity index (χ1n) is 5.45. The van der Waals surface area contributed by atoms with Crippen LogP contribution in [-0.2, 0) is 10.0 Å². The van der Waals surface area contributed by atoms with E-state index >= 15 is 0 Å². The first-order valence-corrected chi connectivity index (χ1v) is 8.98. The maximum Gasteiger partial charge on any atom is 0.258 e. The van der Waals surface area contributed by atoms with Crippen molar-refractivity contribution in [2.75, 3.05) is 5.32 Å². The molecule has 0 spiro atoms. The van der Waals surface area contributed by atoms with Crippen molar-refractivity contribution in [3.63, 3.8) is 0 Å². The average Bonchev–Trinajstić information content (AvgIpc) is 2.73. The number of rotatable bonds is 3. The summed E-state index contributed by atoms with van der Waals surface area (Å²) in [4.78, 5) is 16.1. The molecular weight excluding hydrogens is 402 g/mol. The minimum absolute atomic E-state index is 0.0851. The fourth-order valence-corrected chi connectivity index (χ4v) is 3.95. The van der Waals surface area contributed by atoms with Crippen LogP contribution in [0.4, 0.5) is 5.13 Å². The molecule has 0 saturated carbocycles. The van der Waals surface area contributed by atoms with Crippen molar-refractivity contribution in [2.24, 2.45) is 5.14 Å². The van der Waals surface area contributed by atoms with Gasteiger partial charge < -0.3 is 0 Å². The van der Waals surface area contributed by atoms with E-state index in [1.54, 1.807) is 18.2 Å². The fraction of sp³-hybridized carbons (Fsp3) is 0.0909. The molecule has 0 atom stereocenters. The van der Waals surface area contributed by atoms with Crippen LogP contribution in [-0.4, -0.2) is 19.3 Å². The number of hydrogen-bond donors (Lipinski definition) is 2. The van der Waals surface area contributed by atoms with E-state index in [9.17, 15) is 13.2 Å². The number of thiazole rings is 1. The molecule has 10 heteroatoms. The Morgan fingerprint density at radius 1 is 1.48 bits per heavy atom. The summed E-state index contributed by atoms with van der Waals surface area (Å²) in [5.41, 5.74) is 0.481. The first-order chi connectivity index (χ1) is 9.68. The SMILES string of the molecule is Cc1nc(NC(=O)c2cc(Br)ccc2Cl)sc1S(N)(=O)=O. The van der Waals surface area contributed by atoms with Gasteiger partial charge in [0.15, 0.2) is 9.34 Å². The first kappa shape index (κ1) is 16.4. The molecule has 0 bridgehead atoms. The molecule has 6 nitrogen and oxygen atoms in total. The number of aromatic nitrogens is 1. The molecule has 3 N–H and O–H groups in total. The summed E-state index contributed by atoms with van der Waals surface area (Å²) in [5, 5.41) is 7.97. The zero-order valence-electron chi connectivity index (χ0n) is 10.6. The third kappa shape index (κ3) is 3.80. The number of nitrogens with zero attached hydrogens (tertiary/aromatic N) is 1. The lowest BCUT2D eigenvalue weighted by Crippen LogP contribution is -2.12. The van der Waals surface area contributed by atoms with Crippen molar-refractivity contribution in [1.82, 2.24) is 4.98 Å². The molecule has 2 rings (SSSR count). The quantitative estimate of drug-likeness (QED) is 0.812. The number of anilines is 1. The van der Waals surface area contributed by atoms with Crippen LogP contribution in [0.15, 0.2) is 26.9 Å². The van der Waals surface area contributed by atoms with E-state index in [1.165, 1.54) is 6.92 Å². The van der Waals surface area contributed by atoms with Gasteiger partial charge in [-0.15, -0.1) is 0 Å². The number of nitrogens with two attached hydrogens (primary N) is 1. The van der Waals surface area contributed by atoms with Crippen LogP contribution in [0.1, 0.15) is 16.1 Å². The number of hydrogen-bond acceptors (Lipinski definition) is 5. The van der Waals surface area contributed by atoms with Gasteiger partial charge >= 0.3 is 0 Å². The van der Waals surface area contributed by atoms with Gasteiger partial charge in [0.05, 0.1) is 16.3 Å². The third-order valence-corrected chi connectivity index (χ3v) is 5.86. The highest BCUT2D eigenvalue weighted by molar-refractivity contribution is 9.10. The van der Waals surface area contributed by atoms with Crippen LogP contribution in [0.25, 0.3) is 0 Å². The van der Waals surface area contributed by atoms with E-state index in [0.717, 1.165) is 11.3 Å². The molecule has 0 aliphatic carbocycles. The van der Waals surface area contributed by atoms with Crippen LogP contribution < -0.4 is 10.5 Å². The fourth-order valence-electron chi connectivity index (χ4n) is 1.54. The second-order valence-corrected chi connectivity index (χ2v) is 8.09. The summed E-state index contributed by atoms with van der Waals surface area (Å²) in [6.07, 6.45) is 0. The zero-order chi connectivity index (χ0) is 15.8. The molecule has 112 valence electrons. The van der Waals surface area contributed by atoms with Gasteiger partial charge in [0.25, 0.3) is 5.91 Å². The summed E-state index contributed by atoms with van der Waals surface area (Å²) >= 11 is 9.98. The lowest BCUT2D eigenvalue weighted by molar-refractivity contribution is 0.102. The minimum Gasteiger partial charge on any atom is -0.298 e. The number of sulfonamides is 1. The monoisotopic (exact) mass is 409 g/mol. The molecule has 1 amide bonds. The standard InChI is InChI=1S/C11H9BrClN3O3S2/c1-5-10(21(14,18)19)20-11(15-5)16-9(17)7-4-6(12)2-3-8(7)13/h2-4H,1H3,(H2,14,18,19)(H,15,16,17). The highest BCUT2D eigenvalue weighted by Gasteiger charge is 2.19. The van der Waals surface area contributed by atoms with Crippen LogP contribution in [0.3, 0.4) is 0 Å². The Hall–Kier alpha value is -1.000. The molecule has 2 aromatic rings. The second-order valence-electron chi connectivity index (χ2n) is 4.02. The number of carbonyl (C=O) groups excluding carboxylic acids is 1. The molecule has 21 heavy (non-hydrogen) atoms. The second kappa shape index (κ2) is 6.01. The number of amides is 1. The topological polar surface area (TPSA) is 102 Å². The summed E-state index contributed by atoms with van der Waals surface area (Å²) < 4.78 is 23.3. The number of carbonyl (C=O) groups is 1. The Balaban J connectivity index is 2.30. The predicted octanol–water partition coefficient (Wildman–Crippen LogP) is 2.77. The van der Waals surface area contributed by atoms with Gasteiger partial charge in [0, 0.05) is 4.47 Å². The van der Waals surface area contributed by atoms with Crippen molar-refractivity contribution >= 4 is 59.9 Å². The van der Waals surface area contributed by atoms with Gasteiger partial charge in [-0.25, -0.2) is 18.5 Å². The summed E-state index contributed by atoms with van der Waals surface area (Å²) in [7, 11) is -3.86. The molecule has 0 aliphatic rings. The maximum absolute atomic E-state index is 12.1. The molecule has 0 fully saturated rings. The van der Waals surface area contributed by atoms with Gasteiger partial charge in [-0.05, 0) is 25.1 Å². The smallest absolute Gasteiger partial charge is 0.258 e. The van der Waals surface area contributed by atoms with Crippen LogP contribution in [0, 0.1) is 6.92 Å². The average molecular weight is 411 g/mol. The molecular formula is C11H9BrClN3O3S2. The van der Waals surface area contributed by atoms with E-state index < -0.39 is 15.9 Å². The Bertz CT molecular complexity index is 820. The van der Waals surface area contributed by atoms with Gasteiger partial charge in [-0.2, -0.15) is 0 Å². The van der Waals surface area contributed by atoms with E-state index in [2.05, 4.69) is 26.2 Å². The van der Waals surface area contributed by atoms with Crippen molar-refractivity contribution < 1.29 is 13.2 Å². The van der Waals surface area contributed by atoms with E-state index in [0.29, 0.717) is 4.47 Å². The van der Waals surface area contributed by atoms with Gasteiger partial charge in [-0.1, -0.05) is 38.9 Å². The Kier molecular flexibility index (Phi) is 4.69. The van der Waals surface area contributed by atoms with Crippen molar-refractivity contribution in [2.45, 2.75) is 11.1 Å². The van der Waals surface area contributed by atoms with Gasteiger partial charge in [0.1, 0.15) is 0 Å². The Morgan fingerprint density at radius 2 is 2.14 bits per heavy atom. The van der Waals surface area contributed by atoms with Gasteiger partial charge in [-0.3, -0.25) is 10.1 Å². The predicted molar refractivity (Wildman–Crippen MR) is 85.3 cm³/mol. The lowest BCUT2D eigenvalue weighted by atomic mass is 10.2. The summed E-state index contributed by atoms with van der Waals surface area (Å²) in [6.45, 7) is 1.50. The highest BCUT2D eigenvalue weighted by atomic mass is 79.9. The third-order valence-electron chi connectivity index (χ3n) is 2.41. The number of aryl methyl sites for hydroxylation is 1. The van der Waals surface area contributed by atoms with E-state index in [-0.39, 0.29) is 25.6 Å². The van der Waals surface area contributed by atoms with Crippen molar-refractivity contribution in [3.8, 4) is 0 Å². The van der Waals surface area contributed by atoms with Crippen molar-refractivity contribution in [3.05, 3.63) is 39.0 Å². The van der Waals surface area contributed by atoms with Crippen LogP contribution in [0.2, 0.25) is 5.02 Å². The normalized spacial score (nSPS) is 11.4. The lowest BCUT2D eigenvalue weighted by Gasteiger charge is -2.04. The molecule has 0 aliphatic heterocycles. The van der Waals surface area contributed by atoms with Gasteiger partial charge in [0.2, 0.25) is 10.0 Å². The highest BCUT2D eigenvalue weighted by Crippen LogP contribution is 2.27. The Labute approximate surface area is 138 Å². The van der Waals surface area contributed by atoms with E-state index in [1.807, 2.05) is 0 Å². The summed E-state index contributed by atoms with van der Waals surface area (Å²) in [5.74, 6) is -0.490. The maximum atomic E-state index is 12.1. The molecule has 0 unspecified atom stereocenters. The number of halogens is 2. The number of nitrogens with one attached hydrogen (secondary N) is 1. The molecule has 1 heterocycles. The Morgan fingerprint density at radius 3 is 2.71 bits per heavy atom. The molecule has 1 aromatic heterocycles. The van der Waals surface area contributed by atoms with Crippen molar-refractivity contribution in [1.29, 1.82) is 0 Å². The number of primary sulfonamides is 1. The minimum atomic E-state index is -3.86. The zero-order valence-corrected chi connectivity index (χ0v) is 14.5.